The predicted molar refractivity (Wildman–Crippen MR) is 210 cm³/mol. The Morgan fingerprint density at radius 1 is 0.887 bits per heavy atom. The van der Waals surface area contributed by atoms with E-state index < -0.39 is 74.9 Å². The number of nitrogens with zero attached hydrogens (tertiary/aromatic N) is 2. The minimum absolute atomic E-state index is 0.252. The van der Waals surface area contributed by atoms with Gasteiger partial charge in [0.15, 0.2) is 0 Å². The Hall–Kier alpha value is -3.77. The third-order valence-electron chi connectivity index (χ3n) is 10.4. The average molecular weight is 745 g/mol. The zero-order valence-corrected chi connectivity index (χ0v) is 34.5. The molecule has 0 spiro atoms. The van der Waals surface area contributed by atoms with Crippen molar-refractivity contribution < 1.29 is 24.0 Å². The normalized spacial score (nSPS) is 18.9. The first-order chi connectivity index (χ1) is 24.5. The van der Waals surface area contributed by atoms with Crippen molar-refractivity contribution in [2.45, 2.75) is 164 Å². The number of hydrogen-bond acceptors (Lipinski definition) is 8. The second kappa shape index (κ2) is 19.0. The molecule has 2 fully saturated rings. The maximum Gasteiger partial charge on any atom is 0.315 e. The number of urea groups is 1. The average Bonchev–Trinajstić information content (AvgIpc) is 3.57. The molecule has 13 heteroatoms. The van der Waals surface area contributed by atoms with Gasteiger partial charge >= 0.3 is 6.03 Å². The molecule has 1 saturated heterocycles. The standard InChI is InChI=1S/C37H60N6O7.C3H8/c1-11-19-38-32(48)27(44)22(2)39-31(47)23-16-15-20-43(23)33(49)30(37(9)17-13-12-14-18-37)41-34(50)40-24(35(3,4)5)21-42(10)26-25(36(6,7)8)28(45)29(26)46;1-3-2/h22-24,30H,11-21H2,1-10H3,(H,38,48)(H,39,47)(H2,40,41,50);3H2,1-2H3. The summed E-state index contributed by atoms with van der Waals surface area (Å²) in [5, 5.41) is 11.2. The number of Topliss-reactive ketones (excluding diaryl/α,β-unsaturated/α-hetero) is 1. The van der Waals surface area contributed by atoms with Crippen LogP contribution in [-0.4, -0.2) is 85.3 Å². The van der Waals surface area contributed by atoms with Crippen LogP contribution in [0.1, 0.15) is 140 Å². The molecule has 300 valence electrons. The molecule has 0 radical (unpaired) electrons. The van der Waals surface area contributed by atoms with Gasteiger partial charge in [-0.15, -0.1) is 0 Å². The third-order valence-corrected chi connectivity index (χ3v) is 10.4. The SMILES string of the molecule is CCC.CCCNC(=O)C(=O)C(C)NC(=O)C1CCCN1C(=O)C(NC(=O)NC(CN(C)c1c(C(C)(C)C)c(=O)c1=O)C(C)(C)C)C1(C)CCCCC1. The van der Waals surface area contributed by atoms with Crippen LogP contribution in [0.4, 0.5) is 10.5 Å². The van der Waals surface area contributed by atoms with E-state index in [1.165, 1.54) is 18.2 Å². The van der Waals surface area contributed by atoms with Crippen LogP contribution in [0, 0.1) is 10.8 Å². The fourth-order valence-electron chi connectivity index (χ4n) is 7.22. The van der Waals surface area contributed by atoms with Gasteiger partial charge in [-0.3, -0.25) is 28.8 Å². The summed E-state index contributed by atoms with van der Waals surface area (Å²) in [7, 11) is 1.74. The number of ketones is 1. The molecule has 1 saturated carbocycles. The largest absolute Gasteiger partial charge is 0.369 e. The van der Waals surface area contributed by atoms with Gasteiger partial charge in [0.25, 0.3) is 5.91 Å². The lowest BCUT2D eigenvalue weighted by molar-refractivity contribution is -0.144. The number of likely N-dealkylation sites (tertiary alicyclic amines) is 1. The molecule has 13 nitrogen and oxygen atoms in total. The van der Waals surface area contributed by atoms with E-state index in [-0.39, 0.29) is 12.5 Å². The Labute approximate surface area is 316 Å². The molecule has 1 aliphatic carbocycles. The Kier molecular flexibility index (Phi) is 16.3. The molecular formula is C40H68N6O7. The fraction of sp³-hybridized carbons (Fsp3) is 0.775. The summed E-state index contributed by atoms with van der Waals surface area (Å²) in [5.41, 5.74) is -1.71. The maximum absolute atomic E-state index is 14.4. The van der Waals surface area contributed by atoms with Gasteiger partial charge in [-0.25, -0.2) is 4.79 Å². The predicted octanol–water partition coefficient (Wildman–Crippen LogP) is 4.08. The van der Waals surface area contributed by atoms with Crippen molar-refractivity contribution in [2.24, 2.45) is 10.8 Å². The highest BCUT2D eigenvalue weighted by atomic mass is 16.2. The van der Waals surface area contributed by atoms with Crippen LogP contribution in [0.3, 0.4) is 0 Å². The molecule has 1 heterocycles. The summed E-state index contributed by atoms with van der Waals surface area (Å²) in [6, 6.07) is -3.85. The van der Waals surface area contributed by atoms with Crippen LogP contribution >= 0.6 is 0 Å². The molecule has 4 atom stereocenters. The van der Waals surface area contributed by atoms with E-state index in [0.29, 0.717) is 43.6 Å². The maximum atomic E-state index is 14.4. The molecule has 53 heavy (non-hydrogen) atoms. The number of hydrogen-bond donors (Lipinski definition) is 4. The summed E-state index contributed by atoms with van der Waals surface area (Å²) in [5.74, 6) is -2.39. The molecule has 5 amide bonds. The quantitative estimate of drug-likeness (QED) is 0.219. The van der Waals surface area contributed by atoms with Gasteiger partial charge in [-0.2, -0.15) is 0 Å². The van der Waals surface area contributed by atoms with Crippen molar-refractivity contribution in [2.75, 3.05) is 31.6 Å². The van der Waals surface area contributed by atoms with E-state index in [2.05, 4.69) is 35.1 Å². The highest BCUT2D eigenvalue weighted by molar-refractivity contribution is 6.38. The van der Waals surface area contributed by atoms with Gasteiger partial charge < -0.3 is 31.1 Å². The number of likely N-dealkylation sites (N-methyl/N-ethyl adjacent to an activating group) is 1. The molecule has 0 aromatic heterocycles. The van der Waals surface area contributed by atoms with Crippen LogP contribution in [0.5, 0.6) is 0 Å². The van der Waals surface area contributed by atoms with Crippen molar-refractivity contribution in [3.8, 4) is 0 Å². The molecule has 4 unspecified atom stereocenters. The van der Waals surface area contributed by atoms with Crippen molar-refractivity contribution >= 4 is 35.2 Å². The first-order valence-electron chi connectivity index (χ1n) is 19.6. The number of anilines is 1. The second-order valence-electron chi connectivity index (χ2n) is 17.4. The lowest BCUT2D eigenvalue weighted by Crippen LogP contribution is -2.63. The third kappa shape index (κ3) is 11.6. The van der Waals surface area contributed by atoms with Gasteiger partial charge in [-0.05, 0) is 55.3 Å². The van der Waals surface area contributed by atoms with Gasteiger partial charge in [0.1, 0.15) is 12.1 Å². The summed E-state index contributed by atoms with van der Waals surface area (Å²) in [6.45, 7) is 22.1. The zero-order valence-electron chi connectivity index (χ0n) is 34.5. The van der Waals surface area contributed by atoms with Gasteiger partial charge in [0, 0.05) is 32.2 Å². The molecule has 1 aromatic rings. The number of carbonyl (C=O) groups excluding carboxylic acids is 5. The molecule has 1 aliphatic heterocycles. The number of amides is 5. The van der Waals surface area contributed by atoms with E-state index in [4.69, 9.17) is 0 Å². The lowest BCUT2D eigenvalue weighted by atomic mass is 9.70. The summed E-state index contributed by atoms with van der Waals surface area (Å²) in [6.07, 6.45) is 7.16. The molecule has 2 aliphatic rings. The van der Waals surface area contributed by atoms with Crippen LogP contribution in [-0.2, 0) is 24.6 Å². The van der Waals surface area contributed by atoms with Crippen molar-refractivity contribution in [3.05, 3.63) is 26.0 Å². The number of carbonyl (C=O) groups is 5. The molecular weight excluding hydrogens is 676 g/mol. The smallest absolute Gasteiger partial charge is 0.315 e. The molecule has 1 aromatic carbocycles. The summed E-state index contributed by atoms with van der Waals surface area (Å²) < 4.78 is 0. The van der Waals surface area contributed by atoms with Crippen molar-refractivity contribution in [1.82, 2.24) is 26.2 Å². The Bertz CT molecular complexity index is 1510. The van der Waals surface area contributed by atoms with Gasteiger partial charge in [0.05, 0.1) is 17.8 Å². The first-order valence-corrected chi connectivity index (χ1v) is 19.6. The highest BCUT2D eigenvalue weighted by Crippen LogP contribution is 2.40. The van der Waals surface area contributed by atoms with E-state index in [1.807, 2.05) is 55.4 Å². The van der Waals surface area contributed by atoms with Crippen LogP contribution in [0.2, 0.25) is 0 Å². The second-order valence-corrected chi connectivity index (χ2v) is 17.4. The monoisotopic (exact) mass is 745 g/mol. The van der Waals surface area contributed by atoms with Crippen molar-refractivity contribution in [3.63, 3.8) is 0 Å². The lowest BCUT2D eigenvalue weighted by Gasteiger charge is -2.43. The Morgan fingerprint density at radius 3 is 2.00 bits per heavy atom. The number of nitrogens with one attached hydrogen (secondary N) is 4. The molecule has 3 rings (SSSR count). The van der Waals surface area contributed by atoms with E-state index in [1.54, 1.807) is 11.9 Å². The van der Waals surface area contributed by atoms with Crippen molar-refractivity contribution in [1.29, 1.82) is 0 Å². The Balaban J connectivity index is 0.00000313. The topological polar surface area (TPSA) is 174 Å². The van der Waals surface area contributed by atoms with E-state index >= 15 is 0 Å². The molecule has 4 N–H and O–H groups in total. The summed E-state index contributed by atoms with van der Waals surface area (Å²) in [4.78, 5) is 94.8. The first kappa shape index (κ1) is 45.4. The summed E-state index contributed by atoms with van der Waals surface area (Å²) >= 11 is 0. The minimum atomic E-state index is -1.07. The van der Waals surface area contributed by atoms with Crippen LogP contribution < -0.4 is 37.0 Å². The molecule has 0 bridgehead atoms. The zero-order chi connectivity index (χ0) is 40.5. The van der Waals surface area contributed by atoms with Crippen LogP contribution in [0.25, 0.3) is 0 Å². The van der Waals surface area contributed by atoms with Gasteiger partial charge in [-0.1, -0.05) is 94.9 Å². The Morgan fingerprint density at radius 2 is 1.47 bits per heavy atom. The van der Waals surface area contributed by atoms with Gasteiger partial charge in [0.2, 0.25) is 28.5 Å². The fourth-order valence-corrected chi connectivity index (χ4v) is 7.22. The highest BCUT2D eigenvalue weighted by Gasteiger charge is 2.47. The minimum Gasteiger partial charge on any atom is -0.369 e. The number of rotatable bonds is 13. The van der Waals surface area contributed by atoms with E-state index in [9.17, 15) is 33.6 Å². The van der Waals surface area contributed by atoms with Crippen LogP contribution in [0.15, 0.2) is 9.59 Å². The van der Waals surface area contributed by atoms with E-state index in [0.717, 1.165) is 32.1 Å².